The molecule has 4 nitrogen and oxygen atoms in total. The molecule has 76 valence electrons. The molecule has 6 heteroatoms. The predicted octanol–water partition coefficient (Wildman–Crippen LogP) is 0.370. The minimum atomic E-state index is -2.58. The van der Waals surface area contributed by atoms with Gasteiger partial charge in [-0.1, -0.05) is 0 Å². The molecule has 0 aliphatic rings. The van der Waals surface area contributed by atoms with Crippen LogP contribution in [0.3, 0.4) is 0 Å². The molecule has 1 aromatic rings. The fourth-order valence-electron chi connectivity index (χ4n) is 0.824. The van der Waals surface area contributed by atoms with Crippen LogP contribution in [0.2, 0.25) is 0 Å². The van der Waals surface area contributed by atoms with E-state index in [1.165, 1.54) is 12.3 Å². The van der Waals surface area contributed by atoms with Gasteiger partial charge in [-0.3, -0.25) is 9.59 Å². The van der Waals surface area contributed by atoms with Crippen LogP contribution in [0.15, 0.2) is 23.1 Å². The number of carbonyl (C=O) groups excluding carboxylic acids is 1. The van der Waals surface area contributed by atoms with E-state index in [2.05, 4.69) is 4.98 Å². The van der Waals surface area contributed by atoms with Crippen LogP contribution in [-0.4, -0.2) is 23.9 Å². The van der Waals surface area contributed by atoms with E-state index < -0.39 is 18.9 Å². The zero-order chi connectivity index (χ0) is 10.6. The van der Waals surface area contributed by atoms with Gasteiger partial charge in [-0.15, -0.1) is 0 Å². The lowest BCUT2D eigenvalue weighted by Crippen LogP contribution is -2.28. The van der Waals surface area contributed by atoms with Crippen LogP contribution < -0.4 is 10.9 Å². The van der Waals surface area contributed by atoms with Crippen molar-refractivity contribution in [1.82, 2.24) is 10.3 Å². The lowest BCUT2D eigenvalue weighted by Gasteiger charge is -2.02. The molecule has 0 spiro atoms. The van der Waals surface area contributed by atoms with E-state index in [1.807, 2.05) is 5.32 Å². The second kappa shape index (κ2) is 4.50. The molecule has 1 aromatic heterocycles. The van der Waals surface area contributed by atoms with Crippen molar-refractivity contribution < 1.29 is 13.6 Å². The van der Waals surface area contributed by atoms with Crippen molar-refractivity contribution in [2.24, 2.45) is 0 Å². The van der Waals surface area contributed by atoms with Crippen molar-refractivity contribution >= 4 is 5.91 Å². The van der Waals surface area contributed by atoms with Crippen molar-refractivity contribution in [2.45, 2.75) is 6.43 Å². The molecular formula is C8H8F2N2O2. The molecule has 2 N–H and O–H groups in total. The van der Waals surface area contributed by atoms with Crippen LogP contribution in [0, 0.1) is 0 Å². The Morgan fingerprint density at radius 1 is 1.50 bits per heavy atom. The first kappa shape index (κ1) is 10.4. The standard InChI is InChI=1S/C8H8F2N2O2/c9-6(10)4-12-8(14)5-1-2-7(13)11-3-5/h1-3,6H,4H2,(H,11,13)(H,12,14). The Morgan fingerprint density at radius 3 is 2.71 bits per heavy atom. The molecule has 0 unspecified atom stereocenters. The Kier molecular flexibility index (Phi) is 3.33. The number of hydrogen-bond donors (Lipinski definition) is 2. The average Bonchev–Trinajstić information content (AvgIpc) is 2.15. The number of halogens is 2. The number of H-pyrrole nitrogens is 1. The van der Waals surface area contributed by atoms with E-state index in [4.69, 9.17) is 0 Å². The topological polar surface area (TPSA) is 62.0 Å². The highest BCUT2D eigenvalue weighted by Crippen LogP contribution is 1.94. The van der Waals surface area contributed by atoms with Crippen molar-refractivity contribution in [3.05, 3.63) is 34.2 Å². The maximum atomic E-state index is 11.7. The van der Waals surface area contributed by atoms with E-state index >= 15 is 0 Å². The summed E-state index contributed by atoms with van der Waals surface area (Å²) in [5, 5.41) is 2.01. The van der Waals surface area contributed by atoms with Crippen LogP contribution in [0.4, 0.5) is 8.78 Å². The van der Waals surface area contributed by atoms with E-state index in [0.717, 1.165) is 6.07 Å². The molecule has 0 radical (unpaired) electrons. The number of aromatic amines is 1. The van der Waals surface area contributed by atoms with Crippen molar-refractivity contribution in [3.8, 4) is 0 Å². The lowest BCUT2D eigenvalue weighted by molar-refractivity contribution is 0.0891. The largest absolute Gasteiger partial charge is 0.346 e. The molecule has 0 atom stereocenters. The van der Waals surface area contributed by atoms with Gasteiger partial charge in [0.05, 0.1) is 12.1 Å². The van der Waals surface area contributed by atoms with E-state index in [1.54, 1.807) is 0 Å². The lowest BCUT2D eigenvalue weighted by atomic mass is 10.3. The summed E-state index contributed by atoms with van der Waals surface area (Å²) >= 11 is 0. The summed E-state index contributed by atoms with van der Waals surface area (Å²) in [5.41, 5.74) is -0.208. The van der Waals surface area contributed by atoms with Gasteiger partial charge in [-0.05, 0) is 6.07 Å². The minimum Gasteiger partial charge on any atom is -0.346 e. The first-order chi connectivity index (χ1) is 6.59. The van der Waals surface area contributed by atoms with Gasteiger partial charge in [0.2, 0.25) is 5.56 Å². The third-order valence-electron chi connectivity index (χ3n) is 1.46. The minimum absolute atomic E-state index is 0.144. The molecule has 0 saturated heterocycles. The highest BCUT2D eigenvalue weighted by molar-refractivity contribution is 5.93. The molecule has 0 aliphatic heterocycles. The molecule has 1 rings (SSSR count). The Bertz CT molecular complexity index is 355. The summed E-state index contributed by atoms with van der Waals surface area (Å²) in [4.78, 5) is 24.0. The number of aromatic nitrogens is 1. The summed E-state index contributed by atoms with van der Waals surface area (Å²) in [6.07, 6.45) is -1.41. The van der Waals surface area contributed by atoms with Gasteiger partial charge in [0, 0.05) is 12.3 Å². The Balaban J connectivity index is 2.61. The molecule has 14 heavy (non-hydrogen) atoms. The molecule has 0 aromatic carbocycles. The number of carbonyl (C=O) groups is 1. The van der Waals surface area contributed by atoms with Gasteiger partial charge >= 0.3 is 0 Å². The Morgan fingerprint density at radius 2 is 2.21 bits per heavy atom. The Labute approximate surface area is 77.9 Å². The quantitative estimate of drug-likeness (QED) is 0.743. The molecule has 0 aliphatic carbocycles. The summed E-state index contributed by atoms with van der Waals surface area (Å²) < 4.78 is 23.4. The third-order valence-corrected chi connectivity index (χ3v) is 1.46. The summed E-state index contributed by atoms with van der Waals surface area (Å²) in [6, 6.07) is 2.41. The maximum Gasteiger partial charge on any atom is 0.255 e. The number of hydrogen-bond acceptors (Lipinski definition) is 2. The predicted molar refractivity (Wildman–Crippen MR) is 45.4 cm³/mol. The summed E-state index contributed by atoms with van der Waals surface area (Å²) in [5.74, 6) is -0.637. The smallest absolute Gasteiger partial charge is 0.255 e. The summed E-state index contributed by atoms with van der Waals surface area (Å²) in [6.45, 7) is -0.696. The van der Waals surface area contributed by atoms with Gasteiger partial charge in [0.1, 0.15) is 0 Å². The Hall–Kier alpha value is -1.72. The number of rotatable bonds is 3. The van der Waals surface area contributed by atoms with Crippen LogP contribution in [0.1, 0.15) is 10.4 Å². The number of nitrogens with one attached hydrogen (secondary N) is 2. The van der Waals surface area contributed by atoms with E-state index in [9.17, 15) is 18.4 Å². The van der Waals surface area contributed by atoms with Gasteiger partial charge in [0.15, 0.2) is 0 Å². The highest BCUT2D eigenvalue weighted by atomic mass is 19.3. The third kappa shape index (κ3) is 2.96. The van der Waals surface area contributed by atoms with Gasteiger partial charge in [0.25, 0.3) is 12.3 Å². The second-order valence-electron chi connectivity index (χ2n) is 2.54. The average molecular weight is 202 g/mol. The molecule has 1 heterocycles. The molecule has 0 saturated carbocycles. The SMILES string of the molecule is O=C(NCC(F)F)c1ccc(=O)[nH]c1. The van der Waals surface area contributed by atoms with E-state index in [0.29, 0.717) is 0 Å². The van der Waals surface area contributed by atoms with Crippen molar-refractivity contribution in [1.29, 1.82) is 0 Å². The fourth-order valence-corrected chi connectivity index (χ4v) is 0.824. The van der Waals surface area contributed by atoms with Gasteiger partial charge in [-0.25, -0.2) is 8.78 Å². The second-order valence-corrected chi connectivity index (χ2v) is 2.54. The van der Waals surface area contributed by atoms with E-state index in [-0.39, 0.29) is 11.1 Å². The van der Waals surface area contributed by atoms with Crippen LogP contribution in [-0.2, 0) is 0 Å². The molecule has 0 fully saturated rings. The summed E-state index contributed by atoms with van der Waals surface area (Å²) in [7, 11) is 0. The maximum absolute atomic E-state index is 11.7. The first-order valence-electron chi connectivity index (χ1n) is 3.84. The van der Waals surface area contributed by atoms with Crippen molar-refractivity contribution in [2.75, 3.05) is 6.54 Å². The highest BCUT2D eigenvalue weighted by Gasteiger charge is 2.08. The normalized spacial score (nSPS) is 10.2. The fraction of sp³-hybridized carbons (Fsp3) is 0.250. The molecule has 1 amide bonds. The molecule has 0 bridgehead atoms. The number of pyridine rings is 1. The first-order valence-corrected chi connectivity index (χ1v) is 3.84. The van der Waals surface area contributed by atoms with Crippen LogP contribution >= 0.6 is 0 Å². The zero-order valence-corrected chi connectivity index (χ0v) is 7.09. The molecular weight excluding hydrogens is 194 g/mol. The number of alkyl halides is 2. The van der Waals surface area contributed by atoms with Gasteiger partial charge < -0.3 is 10.3 Å². The van der Waals surface area contributed by atoms with Gasteiger partial charge in [-0.2, -0.15) is 0 Å². The monoisotopic (exact) mass is 202 g/mol. The van der Waals surface area contributed by atoms with Crippen LogP contribution in [0.25, 0.3) is 0 Å². The number of amides is 1. The van der Waals surface area contributed by atoms with Crippen molar-refractivity contribution in [3.63, 3.8) is 0 Å². The zero-order valence-electron chi connectivity index (χ0n) is 7.09. The van der Waals surface area contributed by atoms with Crippen LogP contribution in [0.5, 0.6) is 0 Å².